The second kappa shape index (κ2) is 8.96. The Kier molecular flexibility index (Phi) is 6.79. The minimum absolute atomic E-state index is 0.161. The van der Waals surface area contributed by atoms with Gasteiger partial charge in [-0.05, 0) is 52.0 Å². The molecular weight excluding hydrogens is 461 g/mol. The van der Waals surface area contributed by atoms with Gasteiger partial charge in [0.25, 0.3) is 5.56 Å². The number of aromatic nitrogens is 2. The molecule has 0 bridgehead atoms. The number of carbonyl (C=O) groups is 1. The largest absolute Gasteiger partial charge is 0.443 e. The highest BCUT2D eigenvalue weighted by Gasteiger charge is 2.33. The zero-order valence-electron chi connectivity index (χ0n) is 19.1. The molecule has 1 N–H and O–H groups in total. The molecule has 0 atom stereocenters. The van der Waals surface area contributed by atoms with Gasteiger partial charge in [0.1, 0.15) is 10.4 Å². The summed E-state index contributed by atoms with van der Waals surface area (Å²) in [7, 11) is 0. The molecular formula is C21H27F3N4O4S. The molecule has 0 spiro atoms. The third-order valence-corrected chi connectivity index (χ3v) is 6.60. The van der Waals surface area contributed by atoms with Crippen LogP contribution in [0.5, 0.6) is 0 Å². The van der Waals surface area contributed by atoms with Crippen LogP contribution in [0.15, 0.2) is 14.7 Å². The van der Waals surface area contributed by atoms with E-state index in [-0.39, 0.29) is 16.3 Å². The summed E-state index contributed by atoms with van der Waals surface area (Å²) in [6.45, 7) is 8.13. The van der Waals surface area contributed by atoms with Gasteiger partial charge in [-0.1, -0.05) is 6.92 Å². The number of hydrazone groups is 1. The molecule has 1 aliphatic carbocycles. The van der Waals surface area contributed by atoms with Crippen LogP contribution < -0.4 is 16.7 Å². The Balaban J connectivity index is 2.04. The van der Waals surface area contributed by atoms with E-state index >= 15 is 0 Å². The van der Waals surface area contributed by atoms with Crippen LogP contribution >= 0.6 is 11.3 Å². The van der Waals surface area contributed by atoms with Crippen molar-refractivity contribution in [1.29, 1.82) is 0 Å². The predicted octanol–water partition coefficient (Wildman–Crippen LogP) is 4.32. The standard InChI is InChI=1S/C21H27F3N4O4S/c1-11-8-13(9-11)28-16(29)15-12(2)14(10-25-26-18(30)32-20(3,4)5)33-17(15)27(19(28)31)7-6-21(22,23)24/h10-11,13H,6-9H2,1-5H3,(H,26,30)/b25-10+. The highest BCUT2D eigenvalue weighted by atomic mass is 32.1. The molecule has 8 nitrogen and oxygen atoms in total. The molecule has 2 aromatic rings. The van der Waals surface area contributed by atoms with Crippen molar-refractivity contribution >= 4 is 33.9 Å². The Bertz CT molecular complexity index is 1200. The fourth-order valence-electron chi connectivity index (χ4n) is 3.78. The van der Waals surface area contributed by atoms with E-state index in [2.05, 4.69) is 10.5 Å². The molecule has 182 valence electrons. The SMILES string of the molecule is Cc1c(/C=N/NC(=O)OC(C)(C)C)sc2c1c(=O)n(C1CC(C)C1)c(=O)n2CCC(F)(F)F. The molecule has 2 heterocycles. The number of hydrogen-bond acceptors (Lipinski definition) is 6. The Hall–Kier alpha value is -2.63. The summed E-state index contributed by atoms with van der Waals surface area (Å²) in [5, 5.41) is 4.02. The van der Waals surface area contributed by atoms with E-state index in [4.69, 9.17) is 4.74 Å². The zero-order valence-corrected chi connectivity index (χ0v) is 19.9. The number of halogens is 3. The smallest absolute Gasteiger partial charge is 0.428 e. The molecule has 0 saturated heterocycles. The van der Waals surface area contributed by atoms with Gasteiger partial charge in [0.05, 0.1) is 22.9 Å². The molecule has 0 radical (unpaired) electrons. The summed E-state index contributed by atoms with van der Waals surface area (Å²) in [6, 6.07) is -0.327. The van der Waals surface area contributed by atoms with Crippen molar-refractivity contribution < 1.29 is 22.7 Å². The van der Waals surface area contributed by atoms with Gasteiger partial charge in [-0.2, -0.15) is 18.3 Å². The molecule has 0 aromatic carbocycles. The lowest BCUT2D eigenvalue weighted by molar-refractivity contribution is -0.136. The van der Waals surface area contributed by atoms with Crippen LogP contribution in [0.4, 0.5) is 18.0 Å². The van der Waals surface area contributed by atoms with E-state index in [1.165, 1.54) is 6.21 Å². The molecule has 3 rings (SSSR count). The molecule has 0 unspecified atom stereocenters. The maximum Gasteiger partial charge on any atom is 0.428 e. The highest BCUT2D eigenvalue weighted by Crippen LogP contribution is 2.36. The number of thiophene rings is 1. The summed E-state index contributed by atoms with van der Waals surface area (Å²) in [6.07, 6.45) is -3.89. The van der Waals surface area contributed by atoms with Crippen LogP contribution in [0.3, 0.4) is 0 Å². The number of ether oxygens (including phenoxy) is 1. The van der Waals surface area contributed by atoms with Crippen molar-refractivity contribution in [2.45, 2.75) is 78.2 Å². The maximum atomic E-state index is 13.2. The maximum absolute atomic E-state index is 13.2. The summed E-state index contributed by atoms with van der Waals surface area (Å²) in [5.41, 5.74) is 0.737. The summed E-state index contributed by atoms with van der Waals surface area (Å²) < 4.78 is 46.0. The lowest BCUT2D eigenvalue weighted by Crippen LogP contribution is -2.45. The van der Waals surface area contributed by atoms with Gasteiger partial charge in [0.2, 0.25) is 0 Å². The first-order valence-corrected chi connectivity index (χ1v) is 11.4. The van der Waals surface area contributed by atoms with Crippen LogP contribution in [0.1, 0.15) is 63.4 Å². The normalized spacial score (nSPS) is 19.2. The van der Waals surface area contributed by atoms with Gasteiger partial charge in [-0.3, -0.25) is 13.9 Å². The van der Waals surface area contributed by atoms with E-state index in [9.17, 15) is 27.6 Å². The van der Waals surface area contributed by atoms with Gasteiger partial charge < -0.3 is 4.74 Å². The number of hydrogen-bond donors (Lipinski definition) is 1. The van der Waals surface area contributed by atoms with Crippen LogP contribution in [0, 0.1) is 12.8 Å². The van der Waals surface area contributed by atoms with Gasteiger partial charge in [-0.15, -0.1) is 11.3 Å². The van der Waals surface area contributed by atoms with Crippen LogP contribution in [-0.2, 0) is 11.3 Å². The van der Waals surface area contributed by atoms with Crippen molar-refractivity contribution in [3.8, 4) is 0 Å². The minimum Gasteiger partial charge on any atom is -0.443 e. The summed E-state index contributed by atoms with van der Waals surface area (Å²) in [4.78, 5) is 38.7. The van der Waals surface area contributed by atoms with E-state index in [0.717, 1.165) is 20.5 Å². The second-order valence-electron chi connectivity index (χ2n) is 9.35. The minimum atomic E-state index is -4.45. The third kappa shape index (κ3) is 5.66. The summed E-state index contributed by atoms with van der Waals surface area (Å²) >= 11 is 0.982. The first-order valence-electron chi connectivity index (χ1n) is 10.5. The fourth-order valence-corrected chi connectivity index (χ4v) is 4.97. The molecule has 0 aliphatic heterocycles. The average molecular weight is 489 g/mol. The lowest BCUT2D eigenvalue weighted by Gasteiger charge is -2.33. The third-order valence-electron chi connectivity index (χ3n) is 5.35. The van der Waals surface area contributed by atoms with Gasteiger partial charge in [-0.25, -0.2) is 15.0 Å². The van der Waals surface area contributed by atoms with Crippen molar-refractivity contribution in [2.24, 2.45) is 11.0 Å². The number of amides is 1. The summed E-state index contributed by atoms with van der Waals surface area (Å²) in [5.74, 6) is 0.339. The first kappa shape index (κ1) is 25.0. The number of rotatable bonds is 5. The second-order valence-corrected chi connectivity index (χ2v) is 10.4. The van der Waals surface area contributed by atoms with Crippen LogP contribution in [0.25, 0.3) is 10.2 Å². The van der Waals surface area contributed by atoms with Crippen molar-refractivity contribution in [2.75, 3.05) is 0 Å². The first-order chi connectivity index (χ1) is 15.2. The van der Waals surface area contributed by atoms with Gasteiger partial charge in [0, 0.05) is 12.6 Å². The number of carbonyl (C=O) groups excluding carboxylic acids is 1. The zero-order chi connectivity index (χ0) is 24.7. The van der Waals surface area contributed by atoms with E-state index in [1.54, 1.807) is 27.7 Å². The topological polar surface area (TPSA) is 94.7 Å². The van der Waals surface area contributed by atoms with E-state index in [0.29, 0.717) is 29.2 Å². The van der Waals surface area contributed by atoms with Gasteiger partial charge >= 0.3 is 18.0 Å². The highest BCUT2D eigenvalue weighted by molar-refractivity contribution is 7.20. The van der Waals surface area contributed by atoms with Crippen molar-refractivity contribution in [3.05, 3.63) is 31.3 Å². The van der Waals surface area contributed by atoms with Gasteiger partial charge in [0.15, 0.2) is 0 Å². The number of nitrogens with zero attached hydrogens (tertiary/aromatic N) is 3. The monoisotopic (exact) mass is 488 g/mol. The Morgan fingerprint density at radius 1 is 1.27 bits per heavy atom. The molecule has 33 heavy (non-hydrogen) atoms. The Labute approximate surface area is 192 Å². The van der Waals surface area contributed by atoms with E-state index in [1.807, 2.05) is 6.92 Å². The molecule has 1 aliphatic rings. The molecule has 1 amide bonds. The number of nitrogens with one attached hydrogen (secondary N) is 1. The van der Waals surface area contributed by atoms with Crippen molar-refractivity contribution in [3.63, 3.8) is 0 Å². The average Bonchev–Trinajstić information content (AvgIpc) is 2.94. The lowest BCUT2D eigenvalue weighted by atomic mass is 9.81. The van der Waals surface area contributed by atoms with Crippen molar-refractivity contribution in [1.82, 2.24) is 14.6 Å². The Morgan fingerprint density at radius 3 is 2.45 bits per heavy atom. The number of aryl methyl sites for hydroxylation is 2. The predicted molar refractivity (Wildman–Crippen MR) is 120 cm³/mol. The molecule has 2 aromatic heterocycles. The van der Waals surface area contributed by atoms with Crippen LogP contribution in [0.2, 0.25) is 0 Å². The Morgan fingerprint density at radius 2 is 1.91 bits per heavy atom. The van der Waals surface area contributed by atoms with Crippen LogP contribution in [-0.4, -0.2) is 33.2 Å². The fraction of sp³-hybridized carbons (Fsp3) is 0.619. The molecule has 1 fully saturated rings. The van der Waals surface area contributed by atoms with E-state index < -0.39 is 42.1 Å². The quantitative estimate of drug-likeness (QED) is 0.501. The number of alkyl halides is 3. The molecule has 1 saturated carbocycles. The molecule has 12 heteroatoms. The number of fused-ring (bicyclic) bond motifs is 1.